The van der Waals surface area contributed by atoms with Crippen LogP contribution in [0.25, 0.3) is 0 Å². The van der Waals surface area contributed by atoms with Gasteiger partial charge in [-0.05, 0) is 40.7 Å². The molecule has 0 radical (unpaired) electrons. The third-order valence-corrected chi connectivity index (χ3v) is 3.96. The summed E-state index contributed by atoms with van der Waals surface area (Å²) in [6.45, 7) is 8.88. The number of piperidine rings is 1. The van der Waals surface area contributed by atoms with Crippen molar-refractivity contribution in [2.24, 2.45) is 0 Å². The van der Waals surface area contributed by atoms with Crippen molar-refractivity contribution in [3.05, 3.63) is 12.4 Å². The second kappa shape index (κ2) is 4.69. The van der Waals surface area contributed by atoms with Crippen LogP contribution in [0.4, 0.5) is 5.95 Å². The molecule has 17 heavy (non-hydrogen) atoms. The zero-order valence-corrected chi connectivity index (χ0v) is 11.4. The van der Waals surface area contributed by atoms with Gasteiger partial charge in [-0.25, -0.2) is 4.98 Å². The quantitative estimate of drug-likeness (QED) is 0.872. The number of anilines is 1. The molecule has 4 heteroatoms. The van der Waals surface area contributed by atoms with Gasteiger partial charge < -0.3 is 14.8 Å². The first-order valence-electron chi connectivity index (χ1n) is 6.52. The van der Waals surface area contributed by atoms with E-state index in [4.69, 9.17) is 0 Å². The van der Waals surface area contributed by atoms with Gasteiger partial charge in [0.05, 0.1) is 0 Å². The standard InChI is InChI=1S/C13H24N4/c1-11(2)17-10-7-15-12(17)16-8-5-13(3,14-4)6-9-16/h7,10-11,14H,5-6,8-9H2,1-4H3. The van der Waals surface area contributed by atoms with Gasteiger partial charge in [0.15, 0.2) is 0 Å². The lowest BCUT2D eigenvalue weighted by atomic mass is 9.90. The van der Waals surface area contributed by atoms with Gasteiger partial charge in [-0.1, -0.05) is 0 Å². The number of nitrogens with one attached hydrogen (secondary N) is 1. The lowest BCUT2D eigenvalue weighted by molar-refractivity contribution is 0.302. The fourth-order valence-electron chi connectivity index (χ4n) is 2.40. The van der Waals surface area contributed by atoms with Crippen LogP contribution < -0.4 is 10.2 Å². The first-order valence-corrected chi connectivity index (χ1v) is 6.52. The SMILES string of the molecule is CNC1(C)CCN(c2nccn2C(C)C)CC1. The molecular weight excluding hydrogens is 212 g/mol. The third-order valence-electron chi connectivity index (χ3n) is 3.96. The molecule has 2 rings (SSSR count). The summed E-state index contributed by atoms with van der Waals surface area (Å²) in [6, 6.07) is 0.477. The Hall–Kier alpha value is -1.03. The minimum absolute atomic E-state index is 0.297. The van der Waals surface area contributed by atoms with Crippen molar-refractivity contribution >= 4 is 5.95 Å². The fourth-order valence-corrected chi connectivity index (χ4v) is 2.40. The van der Waals surface area contributed by atoms with Crippen LogP contribution in [-0.4, -0.2) is 35.2 Å². The highest BCUT2D eigenvalue weighted by atomic mass is 15.3. The summed E-state index contributed by atoms with van der Waals surface area (Å²) < 4.78 is 2.25. The Morgan fingerprint density at radius 3 is 2.53 bits per heavy atom. The minimum Gasteiger partial charge on any atom is -0.342 e. The summed E-state index contributed by atoms with van der Waals surface area (Å²) in [6.07, 6.45) is 6.33. The van der Waals surface area contributed by atoms with Crippen molar-refractivity contribution in [2.75, 3.05) is 25.0 Å². The molecule has 0 aliphatic carbocycles. The van der Waals surface area contributed by atoms with Crippen molar-refractivity contribution in [3.63, 3.8) is 0 Å². The molecule has 1 aliphatic heterocycles. The van der Waals surface area contributed by atoms with Crippen LogP contribution >= 0.6 is 0 Å². The van der Waals surface area contributed by atoms with Gasteiger partial charge in [0.25, 0.3) is 0 Å². The third kappa shape index (κ3) is 2.46. The number of nitrogens with zero attached hydrogens (tertiary/aromatic N) is 3. The smallest absolute Gasteiger partial charge is 0.205 e. The van der Waals surface area contributed by atoms with Gasteiger partial charge in [0, 0.05) is 37.1 Å². The predicted molar refractivity (Wildman–Crippen MR) is 71.5 cm³/mol. The Balaban J connectivity index is 2.08. The summed E-state index contributed by atoms with van der Waals surface area (Å²) in [7, 11) is 2.06. The maximum Gasteiger partial charge on any atom is 0.205 e. The molecule has 1 fully saturated rings. The van der Waals surface area contributed by atoms with E-state index in [1.54, 1.807) is 0 Å². The van der Waals surface area contributed by atoms with E-state index in [1.165, 1.54) is 12.8 Å². The van der Waals surface area contributed by atoms with Crippen LogP contribution in [0.15, 0.2) is 12.4 Å². The van der Waals surface area contributed by atoms with E-state index >= 15 is 0 Å². The van der Waals surface area contributed by atoms with Gasteiger partial charge in [-0.15, -0.1) is 0 Å². The second-order valence-corrected chi connectivity index (χ2v) is 5.53. The van der Waals surface area contributed by atoms with E-state index in [2.05, 4.69) is 53.8 Å². The van der Waals surface area contributed by atoms with Crippen LogP contribution in [0.2, 0.25) is 0 Å². The van der Waals surface area contributed by atoms with Gasteiger partial charge >= 0.3 is 0 Å². The molecule has 96 valence electrons. The highest BCUT2D eigenvalue weighted by Gasteiger charge is 2.29. The van der Waals surface area contributed by atoms with Gasteiger partial charge in [-0.2, -0.15) is 0 Å². The Kier molecular flexibility index (Phi) is 3.43. The number of imidazole rings is 1. The normalized spacial score (nSPS) is 19.9. The predicted octanol–water partition coefficient (Wildman–Crippen LogP) is 2.04. The first kappa shape index (κ1) is 12.4. The lowest BCUT2D eigenvalue weighted by Crippen LogP contribution is -2.50. The van der Waals surface area contributed by atoms with Gasteiger partial charge in [0.1, 0.15) is 0 Å². The van der Waals surface area contributed by atoms with Crippen molar-refractivity contribution in [1.82, 2.24) is 14.9 Å². The van der Waals surface area contributed by atoms with Crippen LogP contribution in [-0.2, 0) is 0 Å². The molecule has 0 spiro atoms. The Bertz CT molecular complexity index is 361. The molecule has 0 bridgehead atoms. The second-order valence-electron chi connectivity index (χ2n) is 5.53. The molecule has 1 aliphatic rings. The summed E-state index contributed by atoms with van der Waals surface area (Å²) in [5.74, 6) is 1.12. The molecule has 4 nitrogen and oxygen atoms in total. The van der Waals surface area contributed by atoms with Gasteiger partial charge in [0.2, 0.25) is 5.95 Å². The molecule has 1 aromatic heterocycles. The summed E-state index contributed by atoms with van der Waals surface area (Å²) in [5.41, 5.74) is 0.297. The maximum absolute atomic E-state index is 4.50. The molecule has 0 aromatic carbocycles. The van der Waals surface area contributed by atoms with E-state index in [1.807, 2.05) is 6.20 Å². The Labute approximate surface area is 104 Å². The molecule has 1 saturated heterocycles. The van der Waals surface area contributed by atoms with Crippen molar-refractivity contribution in [1.29, 1.82) is 0 Å². The van der Waals surface area contributed by atoms with E-state index in [0.717, 1.165) is 19.0 Å². The van der Waals surface area contributed by atoms with E-state index in [-0.39, 0.29) is 0 Å². The summed E-state index contributed by atoms with van der Waals surface area (Å²) in [5, 5.41) is 3.43. The molecule has 1 N–H and O–H groups in total. The van der Waals surface area contributed by atoms with E-state index in [9.17, 15) is 0 Å². The first-order chi connectivity index (χ1) is 8.06. The average molecular weight is 236 g/mol. The number of hydrogen-bond donors (Lipinski definition) is 1. The molecule has 0 atom stereocenters. The zero-order chi connectivity index (χ0) is 12.5. The minimum atomic E-state index is 0.297. The van der Waals surface area contributed by atoms with Gasteiger partial charge in [-0.3, -0.25) is 0 Å². The molecular formula is C13H24N4. The molecule has 0 amide bonds. The molecule has 2 heterocycles. The zero-order valence-electron chi connectivity index (χ0n) is 11.4. The van der Waals surface area contributed by atoms with Crippen molar-refractivity contribution < 1.29 is 0 Å². The Morgan fingerprint density at radius 2 is 2.00 bits per heavy atom. The lowest BCUT2D eigenvalue weighted by Gasteiger charge is -2.40. The molecule has 0 saturated carbocycles. The maximum atomic E-state index is 4.50. The number of rotatable bonds is 3. The van der Waals surface area contributed by atoms with Crippen LogP contribution in [0, 0.1) is 0 Å². The Morgan fingerprint density at radius 1 is 1.35 bits per heavy atom. The highest BCUT2D eigenvalue weighted by molar-refractivity contribution is 5.33. The largest absolute Gasteiger partial charge is 0.342 e. The summed E-state index contributed by atoms with van der Waals surface area (Å²) >= 11 is 0. The highest BCUT2D eigenvalue weighted by Crippen LogP contribution is 2.26. The van der Waals surface area contributed by atoms with Crippen molar-refractivity contribution in [3.8, 4) is 0 Å². The number of hydrogen-bond acceptors (Lipinski definition) is 3. The molecule has 0 unspecified atom stereocenters. The number of aromatic nitrogens is 2. The fraction of sp³-hybridized carbons (Fsp3) is 0.769. The van der Waals surface area contributed by atoms with Crippen molar-refractivity contribution in [2.45, 2.75) is 45.2 Å². The average Bonchev–Trinajstić information content (AvgIpc) is 2.79. The van der Waals surface area contributed by atoms with Crippen LogP contribution in [0.5, 0.6) is 0 Å². The molecule has 1 aromatic rings. The van der Waals surface area contributed by atoms with E-state index < -0.39 is 0 Å². The monoisotopic (exact) mass is 236 g/mol. The van der Waals surface area contributed by atoms with Crippen LogP contribution in [0.3, 0.4) is 0 Å². The van der Waals surface area contributed by atoms with Crippen LogP contribution in [0.1, 0.15) is 39.7 Å². The topological polar surface area (TPSA) is 33.1 Å². The van der Waals surface area contributed by atoms with E-state index in [0.29, 0.717) is 11.6 Å². The summed E-state index contributed by atoms with van der Waals surface area (Å²) in [4.78, 5) is 6.91.